The highest BCUT2D eigenvalue weighted by Crippen LogP contribution is 2.18. The summed E-state index contributed by atoms with van der Waals surface area (Å²) in [6, 6.07) is 18.4. The second-order valence-corrected chi connectivity index (χ2v) is 6.23. The van der Waals surface area contributed by atoms with Gasteiger partial charge in [-0.15, -0.1) is 0 Å². The zero-order valence-corrected chi connectivity index (χ0v) is 14.2. The largest absolute Gasteiger partial charge is 0.491 e. The molecule has 0 fully saturated rings. The average Bonchev–Trinajstić information content (AvgIpc) is 2.58. The van der Waals surface area contributed by atoms with E-state index in [0.717, 1.165) is 5.75 Å². The summed E-state index contributed by atoms with van der Waals surface area (Å²) in [7, 11) is 0. The Hall–Kier alpha value is -1.84. The minimum atomic E-state index is -0.535. The molecule has 0 aliphatic heterocycles. The van der Waals surface area contributed by atoms with Gasteiger partial charge >= 0.3 is 0 Å². The number of benzene rings is 2. The lowest BCUT2D eigenvalue weighted by Crippen LogP contribution is -2.33. The first-order valence-corrected chi connectivity index (χ1v) is 8.25. The zero-order chi connectivity index (χ0) is 16.7. The molecule has 0 amide bonds. The highest BCUT2D eigenvalue weighted by Gasteiger charge is 2.10. The van der Waals surface area contributed by atoms with E-state index in [2.05, 4.69) is 50.4 Å². The van der Waals surface area contributed by atoms with E-state index in [1.165, 1.54) is 11.1 Å². The molecule has 23 heavy (non-hydrogen) atoms. The molecule has 2 aromatic carbocycles. The molecule has 0 heterocycles. The van der Waals surface area contributed by atoms with E-state index in [1.807, 2.05) is 30.3 Å². The van der Waals surface area contributed by atoms with E-state index in [1.54, 1.807) is 0 Å². The van der Waals surface area contributed by atoms with Gasteiger partial charge in [-0.3, -0.25) is 0 Å². The highest BCUT2D eigenvalue weighted by atomic mass is 16.5. The Morgan fingerprint density at radius 2 is 1.52 bits per heavy atom. The van der Waals surface area contributed by atoms with Crippen molar-refractivity contribution in [2.45, 2.75) is 38.8 Å². The minimum absolute atomic E-state index is 0.197. The first-order chi connectivity index (χ1) is 11.1. The number of rotatable bonds is 8. The van der Waals surface area contributed by atoms with E-state index < -0.39 is 6.10 Å². The van der Waals surface area contributed by atoms with E-state index in [9.17, 15) is 5.11 Å². The number of hydrogen-bond donors (Lipinski definition) is 2. The van der Waals surface area contributed by atoms with Crippen LogP contribution >= 0.6 is 0 Å². The van der Waals surface area contributed by atoms with Gasteiger partial charge in [-0.25, -0.2) is 0 Å². The van der Waals surface area contributed by atoms with E-state index >= 15 is 0 Å². The molecule has 124 valence electrons. The van der Waals surface area contributed by atoms with Crippen molar-refractivity contribution >= 4 is 0 Å². The van der Waals surface area contributed by atoms with Crippen molar-refractivity contribution in [1.82, 2.24) is 5.32 Å². The Bertz CT molecular complexity index is 566. The summed E-state index contributed by atoms with van der Waals surface area (Å²) in [5, 5.41) is 13.4. The third-order valence-electron chi connectivity index (χ3n) is 3.95. The van der Waals surface area contributed by atoms with Crippen LogP contribution in [-0.4, -0.2) is 24.4 Å². The molecule has 0 radical (unpaired) electrons. The molecule has 0 aromatic heterocycles. The first kappa shape index (κ1) is 17.5. The van der Waals surface area contributed by atoms with Gasteiger partial charge in [0.25, 0.3) is 0 Å². The number of nitrogens with one attached hydrogen (secondary N) is 1. The maximum Gasteiger partial charge on any atom is 0.119 e. The third-order valence-corrected chi connectivity index (χ3v) is 3.95. The molecule has 2 aromatic rings. The molecule has 0 saturated heterocycles. The Morgan fingerprint density at radius 3 is 2.13 bits per heavy atom. The smallest absolute Gasteiger partial charge is 0.119 e. The summed E-state index contributed by atoms with van der Waals surface area (Å²) < 4.78 is 5.56. The van der Waals surface area contributed by atoms with Gasteiger partial charge in [-0.2, -0.15) is 0 Å². The Kier molecular flexibility index (Phi) is 6.63. The molecule has 0 aliphatic carbocycles. The quantitative estimate of drug-likeness (QED) is 0.776. The van der Waals surface area contributed by atoms with Gasteiger partial charge in [0.1, 0.15) is 18.5 Å². The standard InChI is InChI=1S/C20H27NO2/c1-15(2)17-9-11-18(12-10-17)16(3)21-13-19(22)14-23-20-7-5-4-6-8-20/h4-12,15-16,19,21-22H,13-14H2,1-3H3. The maximum atomic E-state index is 10.0. The van der Waals surface area contributed by atoms with Crippen molar-refractivity contribution in [3.63, 3.8) is 0 Å². The van der Waals surface area contributed by atoms with Crippen LogP contribution in [0.3, 0.4) is 0 Å². The molecular formula is C20H27NO2. The van der Waals surface area contributed by atoms with Crippen molar-refractivity contribution in [2.24, 2.45) is 0 Å². The molecular weight excluding hydrogens is 286 g/mol. The highest BCUT2D eigenvalue weighted by molar-refractivity contribution is 5.26. The third kappa shape index (κ3) is 5.70. The molecule has 2 rings (SSSR count). The number of aliphatic hydroxyl groups excluding tert-OH is 1. The van der Waals surface area contributed by atoms with E-state index in [0.29, 0.717) is 12.5 Å². The van der Waals surface area contributed by atoms with Gasteiger partial charge in [0, 0.05) is 12.6 Å². The number of aliphatic hydroxyl groups is 1. The van der Waals surface area contributed by atoms with Crippen LogP contribution in [0.5, 0.6) is 5.75 Å². The van der Waals surface area contributed by atoms with Crippen LogP contribution in [0.4, 0.5) is 0 Å². The normalized spacial score (nSPS) is 13.8. The first-order valence-electron chi connectivity index (χ1n) is 8.25. The van der Waals surface area contributed by atoms with Crippen LogP contribution in [0.25, 0.3) is 0 Å². The fourth-order valence-electron chi connectivity index (χ4n) is 2.37. The monoisotopic (exact) mass is 313 g/mol. The fourth-order valence-corrected chi connectivity index (χ4v) is 2.37. The molecule has 0 bridgehead atoms. The predicted molar refractivity (Wildman–Crippen MR) is 94.9 cm³/mol. The van der Waals surface area contributed by atoms with E-state index in [4.69, 9.17) is 4.74 Å². The topological polar surface area (TPSA) is 41.5 Å². The Morgan fingerprint density at radius 1 is 0.913 bits per heavy atom. The van der Waals surface area contributed by atoms with Crippen LogP contribution in [0.1, 0.15) is 43.9 Å². The van der Waals surface area contributed by atoms with Gasteiger partial charge in [0.15, 0.2) is 0 Å². The summed E-state index contributed by atoms with van der Waals surface area (Å²) >= 11 is 0. The summed E-state index contributed by atoms with van der Waals surface area (Å²) in [4.78, 5) is 0. The van der Waals surface area contributed by atoms with E-state index in [-0.39, 0.29) is 12.6 Å². The maximum absolute atomic E-state index is 10.0. The summed E-state index contributed by atoms with van der Waals surface area (Å²) in [6.45, 7) is 7.28. The van der Waals surface area contributed by atoms with Gasteiger partial charge in [-0.1, -0.05) is 56.3 Å². The Balaban J connectivity index is 1.75. The van der Waals surface area contributed by atoms with Crippen LogP contribution < -0.4 is 10.1 Å². The van der Waals surface area contributed by atoms with Crippen LogP contribution in [0, 0.1) is 0 Å². The average molecular weight is 313 g/mol. The second kappa shape index (κ2) is 8.70. The molecule has 0 aliphatic rings. The van der Waals surface area contributed by atoms with Gasteiger partial charge in [0.2, 0.25) is 0 Å². The molecule has 0 saturated carbocycles. The van der Waals surface area contributed by atoms with Crippen molar-refractivity contribution in [2.75, 3.05) is 13.2 Å². The molecule has 3 nitrogen and oxygen atoms in total. The number of ether oxygens (including phenoxy) is 1. The molecule has 2 atom stereocenters. The molecule has 3 heteroatoms. The lowest BCUT2D eigenvalue weighted by Gasteiger charge is -2.18. The van der Waals surface area contributed by atoms with Gasteiger partial charge < -0.3 is 15.2 Å². The molecule has 0 spiro atoms. The molecule has 2 N–H and O–H groups in total. The van der Waals surface area contributed by atoms with Crippen LogP contribution in [0.15, 0.2) is 54.6 Å². The molecule has 2 unspecified atom stereocenters. The van der Waals surface area contributed by atoms with Crippen molar-refractivity contribution in [3.8, 4) is 5.75 Å². The van der Waals surface area contributed by atoms with Crippen LogP contribution in [-0.2, 0) is 0 Å². The summed E-state index contributed by atoms with van der Waals surface area (Å²) in [6.07, 6.45) is -0.535. The van der Waals surface area contributed by atoms with Crippen LogP contribution in [0.2, 0.25) is 0 Å². The second-order valence-electron chi connectivity index (χ2n) is 6.23. The van der Waals surface area contributed by atoms with Crippen molar-refractivity contribution < 1.29 is 9.84 Å². The predicted octanol–water partition coefficient (Wildman–Crippen LogP) is 3.90. The summed E-state index contributed by atoms with van der Waals surface area (Å²) in [5.41, 5.74) is 2.57. The number of hydrogen-bond acceptors (Lipinski definition) is 3. The van der Waals surface area contributed by atoms with Crippen molar-refractivity contribution in [1.29, 1.82) is 0 Å². The van der Waals surface area contributed by atoms with Gasteiger partial charge in [0.05, 0.1) is 0 Å². The van der Waals surface area contributed by atoms with Gasteiger partial charge in [-0.05, 0) is 36.1 Å². The minimum Gasteiger partial charge on any atom is -0.491 e. The Labute approximate surface area is 139 Å². The zero-order valence-electron chi connectivity index (χ0n) is 14.2. The van der Waals surface area contributed by atoms with Crippen molar-refractivity contribution in [3.05, 3.63) is 65.7 Å². The number of para-hydroxylation sites is 1. The fraction of sp³-hybridized carbons (Fsp3) is 0.400. The SMILES string of the molecule is CC(C)c1ccc(C(C)NCC(O)COc2ccccc2)cc1. The summed E-state index contributed by atoms with van der Waals surface area (Å²) in [5.74, 6) is 1.33. The lowest BCUT2D eigenvalue weighted by atomic mass is 9.99. The lowest BCUT2D eigenvalue weighted by molar-refractivity contribution is 0.104.